The first-order valence-electron chi connectivity index (χ1n) is 6.35. The van der Waals surface area contributed by atoms with Gasteiger partial charge in [-0.3, -0.25) is 4.79 Å². The maximum absolute atomic E-state index is 12.0. The van der Waals surface area contributed by atoms with Gasteiger partial charge in [0.05, 0.1) is 17.8 Å². The molecule has 0 saturated heterocycles. The molecule has 0 spiro atoms. The summed E-state index contributed by atoms with van der Waals surface area (Å²) in [5.41, 5.74) is 6.52. The van der Waals surface area contributed by atoms with Gasteiger partial charge in [0.2, 0.25) is 5.91 Å². The number of halogens is 1. The van der Waals surface area contributed by atoms with E-state index in [0.29, 0.717) is 10.8 Å². The summed E-state index contributed by atoms with van der Waals surface area (Å²) in [7, 11) is 0. The minimum Gasteiger partial charge on any atom is -0.327 e. The normalized spacial score (nSPS) is 13.8. The van der Waals surface area contributed by atoms with Crippen molar-refractivity contribution in [1.29, 1.82) is 0 Å². The SMILES string of the molecule is CC(N)C(C)C(=O)Nc1ccnn1-c1cccc(Cl)c1. The molecule has 2 rings (SSSR count). The maximum Gasteiger partial charge on any atom is 0.229 e. The minimum absolute atomic E-state index is 0.135. The molecule has 2 aromatic rings. The predicted octanol–water partition coefficient (Wildman–Crippen LogP) is 2.45. The molecule has 0 bridgehead atoms. The summed E-state index contributed by atoms with van der Waals surface area (Å²) in [6, 6.07) is 8.77. The molecule has 0 fully saturated rings. The number of carbonyl (C=O) groups excluding carboxylic acids is 1. The van der Waals surface area contributed by atoms with Crippen molar-refractivity contribution in [1.82, 2.24) is 9.78 Å². The lowest BCUT2D eigenvalue weighted by Crippen LogP contribution is -2.34. The van der Waals surface area contributed by atoms with Gasteiger partial charge in [0, 0.05) is 17.1 Å². The van der Waals surface area contributed by atoms with E-state index in [2.05, 4.69) is 10.4 Å². The van der Waals surface area contributed by atoms with Gasteiger partial charge in [-0.25, -0.2) is 4.68 Å². The lowest BCUT2D eigenvalue weighted by atomic mass is 10.0. The Hall–Kier alpha value is -1.85. The third-order valence-electron chi connectivity index (χ3n) is 3.15. The number of hydrogen-bond donors (Lipinski definition) is 2. The molecular formula is C14H17ClN4O. The summed E-state index contributed by atoms with van der Waals surface area (Å²) in [4.78, 5) is 12.0. The van der Waals surface area contributed by atoms with E-state index in [9.17, 15) is 4.79 Å². The van der Waals surface area contributed by atoms with Gasteiger partial charge in [0.15, 0.2) is 0 Å². The van der Waals surface area contributed by atoms with Crippen molar-refractivity contribution in [2.45, 2.75) is 19.9 Å². The molecule has 20 heavy (non-hydrogen) atoms. The van der Waals surface area contributed by atoms with Crippen molar-refractivity contribution in [3.05, 3.63) is 41.6 Å². The average molecular weight is 293 g/mol. The molecule has 1 heterocycles. The number of anilines is 1. The maximum atomic E-state index is 12.0. The predicted molar refractivity (Wildman–Crippen MR) is 80.0 cm³/mol. The number of nitrogens with zero attached hydrogens (tertiary/aromatic N) is 2. The highest BCUT2D eigenvalue weighted by atomic mass is 35.5. The molecule has 0 aliphatic carbocycles. The van der Waals surface area contributed by atoms with Crippen LogP contribution in [0, 0.1) is 5.92 Å². The topological polar surface area (TPSA) is 72.9 Å². The number of rotatable bonds is 4. The minimum atomic E-state index is -0.280. The van der Waals surface area contributed by atoms with Gasteiger partial charge in [-0.2, -0.15) is 5.10 Å². The van der Waals surface area contributed by atoms with Gasteiger partial charge < -0.3 is 11.1 Å². The fourth-order valence-corrected chi connectivity index (χ4v) is 1.88. The number of amides is 1. The Balaban J connectivity index is 2.23. The fourth-order valence-electron chi connectivity index (χ4n) is 1.69. The summed E-state index contributed by atoms with van der Waals surface area (Å²) in [6.07, 6.45) is 1.62. The fraction of sp³-hybridized carbons (Fsp3) is 0.286. The van der Waals surface area contributed by atoms with Crippen molar-refractivity contribution in [2.24, 2.45) is 11.7 Å². The first-order valence-corrected chi connectivity index (χ1v) is 6.73. The number of benzene rings is 1. The van der Waals surface area contributed by atoms with E-state index in [1.807, 2.05) is 12.1 Å². The quantitative estimate of drug-likeness (QED) is 0.909. The molecule has 0 aliphatic heterocycles. The highest BCUT2D eigenvalue weighted by Gasteiger charge is 2.18. The molecule has 0 saturated carbocycles. The van der Waals surface area contributed by atoms with E-state index >= 15 is 0 Å². The van der Waals surface area contributed by atoms with Crippen LogP contribution in [0.3, 0.4) is 0 Å². The molecule has 1 aromatic carbocycles. The highest BCUT2D eigenvalue weighted by molar-refractivity contribution is 6.30. The second-order valence-corrected chi connectivity index (χ2v) is 5.18. The monoisotopic (exact) mass is 292 g/mol. The Morgan fingerprint density at radius 2 is 2.15 bits per heavy atom. The third kappa shape index (κ3) is 3.18. The lowest BCUT2D eigenvalue weighted by molar-refractivity contribution is -0.119. The van der Waals surface area contributed by atoms with Gasteiger partial charge in [0.25, 0.3) is 0 Å². The zero-order valence-electron chi connectivity index (χ0n) is 11.4. The van der Waals surface area contributed by atoms with E-state index in [-0.39, 0.29) is 17.9 Å². The lowest BCUT2D eigenvalue weighted by Gasteiger charge is -2.16. The zero-order valence-corrected chi connectivity index (χ0v) is 12.1. The summed E-state index contributed by atoms with van der Waals surface area (Å²) in [6.45, 7) is 3.60. The number of nitrogens with one attached hydrogen (secondary N) is 1. The summed E-state index contributed by atoms with van der Waals surface area (Å²) in [5, 5.41) is 7.64. The summed E-state index contributed by atoms with van der Waals surface area (Å²) >= 11 is 5.97. The summed E-state index contributed by atoms with van der Waals surface area (Å²) < 4.78 is 1.62. The van der Waals surface area contributed by atoms with E-state index < -0.39 is 0 Å². The number of carbonyl (C=O) groups is 1. The van der Waals surface area contributed by atoms with Crippen LogP contribution in [0.1, 0.15) is 13.8 Å². The van der Waals surface area contributed by atoms with Crippen molar-refractivity contribution >= 4 is 23.3 Å². The number of aromatic nitrogens is 2. The second-order valence-electron chi connectivity index (χ2n) is 4.75. The van der Waals surface area contributed by atoms with E-state index in [4.69, 9.17) is 17.3 Å². The molecule has 0 aliphatic rings. The van der Waals surface area contributed by atoms with E-state index in [1.165, 1.54) is 0 Å². The van der Waals surface area contributed by atoms with Crippen LogP contribution in [-0.4, -0.2) is 21.7 Å². The molecule has 2 unspecified atom stereocenters. The van der Waals surface area contributed by atoms with Crippen LogP contribution in [0.25, 0.3) is 5.69 Å². The molecule has 5 nitrogen and oxygen atoms in total. The smallest absolute Gasteiger partial charge is 0.229 e. The average Bonchev–Trinajstić information content (AvgIpc) is 2.85. The van der Waals surface area contributed by atoms with Crippen molar-refractivity contribution < 1.29 is 4.79 Å². The van der Waals surface area contributed by atoms with E-state index in [1.54, 1.807) is 42.9 Å². The van der Waals surface area contributed by atoms with Crippen molar-refractivity contribution in [3.63, 3.8) is 0 Å². The van der Waals surface area contributed by atoms with Gasteiger partial charge in [-0.05, 0) is 25.1 Å². The van der Waals surface area contributed by atoms with Gasteiger partial charge >= 0.3 is 0 Å². The molecule has 2 atom stereocenters. The molecular weight excluding hydrogens is 276 g/mol. The van der Waals surface area contributed by atoms with Crippen LogP contribution in [-0.2, 0) is 4.79 Å². The summed E-state index contributed by atoms with van der Waals surface area (Å²) in [5.74, 6) is 0.172. The van der Waals surface area contributed by atoms with Crippen molar-refractivity contribution in [3.8, 4) is 5.69 Å². The van der Waals surface area contributed by atoms with Crippen LogP contribution in [0.5, 0.6) is 0 Å². The van der Waals surface area contributed by atoms with Gasteiger partial charge in [-0.15, -0.1) is 0 Å². The zero-order chi connectivity index (χ0) is 14.7. The molecule has 106 valence electrons. The van der Waals surface area contributed by atoms with Crippen LogP contribution in [0.15, 0.2) is 36.5 Å². The second kappa shape index (κ2) is 6.07. The number of hydrogen-bond acceptors (Lipinski definition) is 3. The highest BCUT2D eigenvalue weighted by Crippen LogP contribution is 2.19. The van der Waals surface area contributed by atoms with Crippen molar-refractivity contribution in [2.75, 3.05) is 5.32 Å². The molecule has 0 radical (unpaired) electrons. The Labute approximate surface area is 122 Å². The molecule has 6 heteroatoms. The Bertz CT molecular complexity index is 609. The first kappa shape index (κ1) is 14.6. The van der Waals surface area contributed by atoms with Crippen LogP contribution >= 0.6 is 11.6 Å². The largest absolute Gasteiger partial charge is 0.327 e. The van der Waals surface area contributed by atoms with Gasteiger partial charge in [0.1, 0.15) is 5.82 Å². The van der Waals surface area contributed by atoms with Crippen LogP contribution in [0.4, 0.5) is 5.82 Å². The first-order chi connectivity index (χ1) is 9.49. The van der Waals surface area contributed by atoms with Crippen LogP contribution < -0.4 is 11.1 Å². The number of nitrogens with two attached hydrogens (primary N) is 1. The van der Waals surface area contributed by atoms with Gasteiger partial charge in [-0.1, -0.05) is 24.6 Å². The third-order valence-corrected chi connectivity index (χ3v) is 3.38. The Kier molecular flexibility index (Phi) is 4.42. The van der Waals surface area contributed by atoms with Crippen LogP contribution in [0.2, 0.25) is 5.02 Å². The standard InChI is InChI=1S/C14H17ClN4O/c1-9(10(2)16)14(20)18-13-6-7-17-19(13)12-5-3-4-11(15)8-12/h3-10H,16H2,1-2H3,(H,18,20). The molecule has 1 aromatic heterocycles. The molecule has 3 N–H and O–H groups in total. The molecule has 1 amide bonds. The Morgan fingerprint density at radius 1 is 1.40 bits per heavy atom. The van der Waals surface area contributed by atoms with E-state index in [0.717, 1.165) is 5.69 Å². The Morgan fingerprint density at radius 3 is 2.80 bits per heavy atom.